The number of carbonyl (C=O) groups excluding carboxylic acids is 1. The van der Waals surface area contributed by atoms with Crippen LogP contribution in [0.25, 0.3) is 11.3 Å². The summed E-state index contributed by atoms with van der Waals surface area (Å²) in [7, 11) is -3.38. The summed E-state index contributed by atoms with van der Waals surface area (Å²) in [5.74, 6) is -0.818. The van der Waals surface area contributed by atoms with Crippen molar-refractivity contribution in [3.8, 4) is 17.1 Å². The van der Waals surface area contributed by atoms with Crippen molar-refractivity contribution in [2.24, 2.45) is 0 Å². The molecule has 1 saturated carbocycles. The molecule has 0 aliphatic heterocycles. The first-order valence-corrected chi connectivity index (χ1v) is 11.6. The molecule has 0 spiro atoms. The fourth-order valence-electron chi connectivity index (χ4n) is 3.14. The van der Waals surface area contributed by atoms with Crippen molar-refractivity contribution in [3.63, 3.8) is 0 Å². The largest absolute Gasteiger partial charge is 0.477 e. The van der Waals surface area contributed by atoms with E-state index in [1.165, 1.54) is 42.9 Å². The van der Waals surface area contributed by atoms with Crippen LogP contribution in [0.5, 0.6) is 5.88 Å². The summed E-state index contributed by atoms with van der Waals surface area (Å²) >= 11 is 0. The molecule has 2 aromatic heterocycles. The highest BCUT2D eigenvalue weighted by Gasteiger charge is 2.37. The Bertz CT molecular complexity index is 1260. The van der Waals surface area contributed by atoms with Gasteiger partial charge in [-0.05, 0) is 44.0 Å². The number of ether oxygens (including phenoxy) is 1. The van der Waals surface area contributed by atoms with Crippen molar-refractivity contribution in [2.45, 2.75) is 36.3 Å². The highest BCUT2D eigenvalue weighted by atomic mass is 32.2. The SMILES string of the molecule is CCOc1cncc(-c2ccc(NC(=O)Cc3cc(S(=O)(=O)C4CC4)ccn3)c(F)c2)n1. The van der Waals surface area contributed by atoms with Crippen molar-refractivity contribution in [2.75, 3.05) is 11.9 Å². The predicted octanol–water partition coefficient (Wildman–Crippen LogP) is 3.19. The summed E-state index contributed by atoms with van der Waals surface area (Å²) in [4.78, 5) is 24.9. The quantitative estimate of drug-likeness (QED) is 0.554. The number of hydrogen-bond donors (Lipinski definition) is 1. The maximum absolute atomic E-state index is 14.6. The molecule has 0 atom stereocenters. The number of amides is 1. The molecule has 3 aromatic rings. The molecule has 0 radical (unpaired) electrons. The van der Waals surface area contributed by atoms with E-state index in [-0.39, 0.29) is 22.3 Å². The van der Waals surface area contributed by atoms with Gasteiger partial charge in [-0.25, -0.2) is 17.8 Å². The Kier molecular flexibility index (Phi) is 6.13. The number of rotatable bonds is 8. The van der Waals surface area contributed by atoms with Crippen molar-refractivity contribution in [1.82, 2.24) is 15.0 Å². The summed E-state index contributed by atoms with van der Waals surface area (Å²) in [5, 5.41) is 2.15. The molecule has 1 aromatic carbocycles. The van der Waals surface area contributed by atoms with Gasteiger partial charge < -0.3 is 10.1 Å². The Hall–Kier alpha value is -3.40. The number of benzene rings is 1. The van der Waals surface area contributed by atoms with Gasteiger partial charge in [-0.3, -0.25) is 14.8 Å². The Morgan fingerprint density at radius 3 is 2.75 bits per heavy atom. The molecular formula is C22H21FN4O4S. The van der Waals surface area contributed by atoms with Gasteiger partial charge in [0, 0.05) is 11.8 Å². The van der Waals surface area contributed by atoms with Crippen LogP contribution in [0.3, 0.4) is 0 Å². The number of anilines is 1. The third kappa shape index (κ3) is 4.91. The van der Waals surface area contributed by atoms with Crippen molar-refractivity contribution in [3.05, 3.63) is 60.4 Å². The summed E-state index contributed by atoms with van der Waals surface area (Å²) < 4.78 is 44.7. The van der Waals surface area contributed by atoms with Crippen LogP contribution in [0, 0.1) is 5.82 Å². The van der Waals surface area contributed by atoms with Crippen LogP contribution in [0.2, 0.25) is 0 Å². The topological polar surface area (TPSA) is 111 Å². The van der Waals surface area contributed by atoms with Gasteiger partial charge in [0.15, 0.2) is 9.84 Å². The van der Waals surface area contributed by atoms with Crippen molar-refractivity contribution < 1.29 is 22.3 Å². The molecule has 0 saturated heterocycles. The average Bonchev–Trinajstić information content (AvgIpc) is 3.62. The van der Waals surface area contributed by atoms with Crippen LogP contribution in [0.15, 0.2) is 53.8 Å². The van der Waals surface area contributed by atoms with E-state index in [4.69, 9.17) is 4.74 Å². The average molecular weight is 456 g/mol. The molecule has 10 heteroatoms. The molecular weight excluding hydrogens is 435 g/mol. The number of halogens is 1. The van der Waals surface area contributed by atoms with E-state index < -0.39 is 21.6 Å². The lowest BCUT2D eigenvalue weighted by Gasteiger charge is -2.09. The minimum Gasteiger partial charge on any atom is -0.477 e. The molecule has 1 fully saturated rings. The van der Waals surface area contributed by atoms with E-state index in [9.17, 15) is 17.6 Å². The van der Waals surface area contributed by atoms with E-state index >= 15 is 0 Å². The molecule has 8 nitrogen and oxygen atoms in total. The van der Waals surface area contributed by atoms with Crippen LogP contribution in [-0.4, -0.2) is 41.1 Å². The van der Waals surface area contributed by atoms with E-state index in [1.807, 2.05) is 6.92 Å². The van der Waals surface area contributed by atoms with Crippen LogP contribution >= 0.6 is 0 Å². The Morgan fingerprint density at radius 2 is 2.03 bits per heavy atom. The molecule has 4 rings (SSSR count). The number of carbonyl (C=O) groups is 1. The molecule has 166 valence electrons. The van der Waals surface area contributed by atoms with Crippen LogP contribution in [-0.2, 0) is 21.1 Å². The zero-order valence-electron chi connectivity index (χ0n) is 17.3. The summed E-state index contributed by atoms with van der Waals surface area (Å²) in [6.45, 7) is 2.26. The van der Waals surface area contributed by atoms with Crippen LogP contribution < -0.4 is 10.1 Å². The molecule has 1 aliphatic carbocycles. The van der Waals surface area contributed by atoms with Gasteiger partial charge in [-0.2, -0.15) is 0 Å². The zero-order valence-corrected chi connectivity index (χ0v) is 18.1. The molecule has 0 unspecified atom stereocenters. The minimum absolute atomic E-state index is 0.00516. The Balaban J connectivity index is 1.45. The van der Waals surface area contributed by atoms with Crippen molar-refractivity contribution >= 4 is 21.4 Å². The van der Waals surface area contributed by atoms with Gasteiger partial charge >= 0.3 is 0 Å². The highest BCUT2D eigenvalue weighted by Crippen LogP contribution is 2.33. The van der Waals surface area contributed by atoms with Gasteiger partial charge in [0.1, 0.15) is 5.82 Å². The second-order valence-corrected chi connectivity index (χ2v) is 9.55. The maximum atomic E-state index is 14.6. The second kappa shape index (κ2) is 8.99. The zero-order chi connectivity index (χ0) is 22.7. The molecule has 1 amide bonds. The van der Waals surface area contributed by atoms with Crippen LogP contribution in [0.1, 0.15) is 25.5 Å². The number of aromatic nitrogens is 3. The fraction of sp³-hybridized carbons (Fsp3) is 0.273. The summed E-state index contributed by atoms with van der Waals surface area (Å²) in [6.07, 6.45) is 5.44. The number of nitrogens with zero attached hydrogens (tertiary/aromatic N) is 3. The van der Waals surface area contributed by atoms with Gasteiger partial charge in [0.05, 0.1) is 52.6 Å². The van der Waals surface area contributed by atoms with Crippen LogP contribution in [0.4, 0.5) is 10.1 Å². The van der Waals surface area contributed by atoms with Gasteiger partial charge in [0.25, 0.3) is 0 Å². The van der Waals surface area contributed by atoms with E-state index in [0.717, 1.165) is 0 Å². The lowest BCUT2D eigenvalue weighted by molar-refractivity contribution is -0.115. The molecule has 1 aliphatic rings. The monoisotopic (exact) mass is 456 g/mol. The maximum Gasteiger partial charge on any atom is 0.232 e. The summed E-state index contributed by atoms with van der Waals surface area (Å²) in [6, 6.07) is 7.11. The lowest BCUT2D eigenvalue weighted by atomic mass is 10.1. The third-order valence-electron chi connectivity index (χ3n) is 4.87. The first-order chi connectivity index (χ1) is 15.4. The number of hydrogen-bond acceptors (Lipinski definition) is 7. The smallest absolute Gasteiger partial charge is 0.232 e. The summed E-state index contributed by atoms with van der Waals surface area (Å²) in [5.41, 5.74) is 1.21. The molecule has 0 bridgehead atoms. The fourth-order valence-corrected chi connectivity index (χ4v) is 4.83. The Labute approximate surface area is 184 Å². The number of pyridine rings is 1. The van der Waals surface area contributed by atoms with Gasteiger partial charge in [0.2, 0.25) is 11.8 Å². The predicted molar refractivity (Wildman–Crippen MR) is 115 cm³/mol. The van der Waals surface area contributed by atoms with E-state index in [0.29, 0.717) is 42.3 Å². The number of sulfone groups is 1. The normalized spacial score (nSPS) is 13.6. The Morgan fingerprint density at radius 1 is 1.22 bits per heavy atom. The molecule has 32 heavy (non-hydrogen) atoms. The van der Waals surface area contributed by atoms with Gasteiger partial charge in [-0.1, -0.05) is 6.07 Å². The standard InChI is InChI=1S/C22H21FN4O4S/c1-2-31-22-13-24-12-20(27-22)14-3-6-19(18(23)9-14)26-21(28)11-15-10-17(7-8-25-15)32(29,30)16-4-5-16/h3,6-10,12-13,16H,2,4-5,11H2,1H3,(H,26,28). The molecule has 1 N–H and O–H groups in total. The van der Waals surface area contributed by atoms with Crippen molar-refractivity contribution in [1.29, 1.82) is 0 Å². The van der Waals surface area contributed by atoms with E-state index in [2.05, 4.69) is 20.3 Å². The first kappa shape index (κ1) is 21.8. The highest BCUT2D eigenvalue weighted by molar-refractivity contribution is 7.92. The minimum atomic E-state index is -3.38. The van der Waals surface area contributed by atoms with Gasteiger partial charge in [-0.15, -0.1) is 0 Å². The first-order valence-electron chi connectivity index (χ1n) is 10.1. The van der Waals surface area contributed by atoms with E-state index in [1.54, 1.807) is 6.07 Å². The molecule has 2 heterocycles. The third-order valence-corrected chi connectivity index (χ3v) is 7.13. The number of nitrogens with one attached hydrogen (secondary N) is 1. The second-order valence-electron chi connectivity index (χ2n) is 7.32. The lowest BCUT2D eigenvalue weighted by Crippen LogP contribution is -2.17.